The Bertz CT molecular complexity index is 2890. The van der Waals surface area contributed by atoms with Gasteiger partial charge < -0.3 is 69.1 Å². The fraction of sp³-hybridized carbons (Fsp3) is 0.472. The Morgan fingerprint density at radius 2 is 0.897 bits per heavy atom. The summed E-state index contributed by atoms with van der Waals surface area (Å²) in [5, 5.41) is 48.9. The molecule has 4 heterocycles. The Hall–Kier alpha value is -8.51. The first-order chi connectivity index (χ1) is 36.4. The zero-order chi connectivity index (χ0) is 57.9. The lowest BCUT2D eigenvalue weighted by molar-refractivity contribution is -0.386. The highest BCUT2D eigenvalue weighted by Gasteiger charge is 2.29. The van der Waals surface area contributed by atoms with Crippen LogP contribution in [0.1, 0.15) is 68.2 Å². The summed E-state index contributed by atoms with van der Waals surface area (Å²) in [6.07, 6.45) is -0.857. The molecule has 3 aliphatic rings. The van der Waals surface area contributed by atoms with Gasteiger partial charge in [0.25, 0.3) is 0 Å². The molecule has 3 amide bonds. The Kier molecular flexibility index (Phi) is 19.8. The number of ether oxygens (including phenoxy) is 3. The third-order valence-electron chi connectivity index (χ3n) is 11.7. The zero-order valence-corrected chi connectivity index (χ0v) is 45.7. The molecule has 0 unspecified atom stereocenters. The first kappa shape index (κ1) is 60.4. The van der Waals surface area contributed by atoms with E-state index in [1.807, 2.05) is 98.4 Å². The van der Waals surface area contributed by atoms with Crippen molar-refractivity contribution in [3.05, 3.63) is 105 Å². The molecular formula is C53H71FN10O14. The first-order valence-corrected chi connectivity index (χ1v) is 25.1. The van der Waals surface area contributed by atoms with Crippen LogP contribution < -0.4 is 20.4 Å². The number of rotatable bonds is 5. The fourth-order valence-electron chi connectivity index (χ4n) is 7.89. The van der Waals surface area contributed by atoms with Crippen molar-refractivity contribution >= 4 is 63.5 Å². The maximum Gasteiger partial charge on any atom is 0.410 e. The van der Waals surface area contributed by atoms with E-state index in [-0.39, 0.29) is 35.5 Å². The molecule has 1 aromatic heterocycles. The molecule has 3 fully saturated rings. The number of fused-ring (bicyclic) bond motifs is 1. The Morgan fingerprint density at radius 1 is 0.551 bits per heavy atom. The van der Waals surface area contributed by atoms with E-state index in [1.165, 1.54) is 12.1 Å². The largest absolute Gasteiger partial charge is 0.506 e. The highest BCUT2D eigenvalue weighted by Crippen LogP contribution is 2.32. The summed E-state index contributed by atoms with van der Waals surface area (Å²) < 4.78 is 33.9. The summed E-state index contributed by atoms with van der Waals surface area (Å²) >= 11 is 0. The van der Waals surface area contributed by atoms with Crippen LogP contribution in [0, 0.1) is 33.0 Å². The number of nitrogens with zero attached hydrogens (tertiary/aromatic N) is 9. The molecule has 24 nitrogen and oxygen atoms in total. The molecule has 0 saturated carbocycles. The molecule has 0 spiro atoms. The van der Waals surface area contributed by atoms with Crippen molar-refractivity contribution in [1.29, 1.82) is 0 Å². The summed E-state index contributed by atoms with van der Waals surface area (Å²) in [6, 6.07) is 18.0. The van der Waals surface area contributed by atoms with Crippen molar-refractivity contribution in [1.82, 2.24) is 19.7 Å². The second kappa shape index (κ2) is 25.6. The van der Waals surface area contributed by atoms with Crippen LogP contribution in [0.3, 0.4) is 0 Å². The maximum absolute atomic E-state index is 12.2. The van der Waals surface area contributed by atoms with Gasteiger partial charge in [-0.15, -0.1) is 0 Å². The number of phenolic OH excluding ortho intramolecular Hbond substituents is 3. The Balaban J connectivity index is 0.000000197. The molecule has 5 N–H and O–H groups in total. The van der Waals surface area contributed by atoms with Crippen LogP contribution >= 0.6 is 0 Å². The Morgan fingerprint density at radius 3 is 1.26 bits per heavy atom. The average molecular weight is 1090 g/mol. The number of aryl methyl sites for hydroxylation is 1. The summed E-state index contributed by atoms with van der Waals surface area (Å²) in [6.45, 7) is 26.1. The van der Waals surface area contributed by atoms with Gasteiger partial charge in [0, 0.05) is 139 Å². The lowest BCUT2D eigenvalue weighted by Gasteiger charge is -2.36. The summed E-state index contributed by atoms with van der Waals surface area (Å²) in [5.41, 5.74) is 8.06. The number of hydrogen-bond acceptors (Lipinski definition) is 19. The van der Waals surface area contributed by atoms with Crippen molar-refractivity contribution in [2.24, 2.45) is 0 Å². The van der Waals surface area contributed by atoms with Crippen LogP contribution in [0.4, 0.5) is 52.9 Å². The number of phenols is 3. The number of aromatic hydroxyl groups is 3. The van der Waals surface area contributed by atoms with E-state index < -0.39 is 43.9 Å². The molecule has 78 heavy (non-hydrogen) atoms. The van der Waals surface area contributed by atoms with Gasteiger partial charge in [0.05, 0.1) is 15.5 Å². The number of nitro groups is 2. The number of piperazine rings is 3. The van der Waals surface area contributed by atoms with Gasteiger partial charge in [-0.05, 0) is 98.7 Å². The normalized spacial score (nSPS) is 14.9. The number of oxazole rings is 1. The van der Waals surface area contributed by atoms with Crippen LogP contribution in [-0.2, 0) is 14.2 Å². The molecule has 3 saturated heterocycles. The second-order valence-corrected chi connectivity index (χ2v) is 21.3. The topological polar surface area (TPSA) is 297 Å². The predicted octanol–water partition coefficient (Wildman–Crippen LogP) is 9.02. The van der Waals surface area contributed by atoms with Crippen molar-refractivity contribution in [3.8, 4) is 17.2 Å². The smallest absolute Gasteiger partial charge is 0.410 e. The minimum atomic E-state index is -0.783. The van der Waals surface area contributed by atoms with Gasteiger partial charge in [-0.2, -0.15) is 0 Å². The van der Waals surface area contributed by atoms with Crippen molar-refractivity contribution < 1.29 is 62.6 Å². The van der Waals surface area contributed by atoms with E-state index >= 15 is 0 Å². The molecular weight excluding hydrogens is 1020 g/mol. The average Bonchev–Trinajstić information content (AvgIpc) is 3.74. The number of nitrogens with two attached hydrogens (primary N) is 1. The van der Waals surface area contributed by atoms with Gasteiger partial charge in [0.15, 0.2) is 23.0 Å². The third kappa shape index (κ3) is 18.1. The SMILES string of the molecule is CC(C)(C)OC(=O)N1CCN(c2ccc(N)c(O)c2)CC1.CC(C)(C)OC(=O)N1CCN(c2ccc([N+](=O)[O-])c(O)c2)CC1.Cc1nc2ccc(N3CCN(C(=O)OC(C)(C)C)CC3)cc2o1.O=[N+]([O-])c1ccc(F)cc1O. The van der Waals surface area contributed by atoms with E-state index in [1.54, 1.807) is 32.9 Å². The minimum Gasteiger partial charge on any atom is -0.506 e. The number of carbonyl (C=O) groups excluding carboxylic acids is 3. The van der Waals surface area contributed by atoms with Crippen LogP contribution in [-0.4, -0.2) is 158 Å². The van der Waals surface area contributed by atoms with Crippen molar-refractivity contribution in [2.75, 3.05) is 99.0 Å². The minimum absolute atomic E-state index is 0.0853. The van der Waals surface area contributed by atoms with E-state index in [2.05, 4.69) is 14.8 Å². The van der Waals surface area contributed by atoms with Crippen molar-refractivity contribution in [2.45, 2.75) is 86.0 Å². The fourth-order valence-corrected chi connectivity index (χ4v) is 7.89. The number of amides is 3. The number of halogens is 1. The highest BCUT2D eigenvalue weighted by molar-refractivity contribution is 5.78. The zero-order valence-electron chi connectivity index (χ0n) is 45.7. The van der Waals surface area contributed by atoms with Gasteiger partial charge in [-0.3, -0.25) is 20.2 Å². The number of nitrogen functional groups attached to an aromatic ring is 1. The van der Waals surface area contributed by atoms with Crippen LogP contribution in [0.15, 0.2) is 77.2 Å². The van der Waals surface area contributed by atoms with E-state index in [0.29, 0.717) is 88.8 Å². The van der Waals surface area contributed by atoms with E-state index in [4.69, 9.17) is 29.5 Å². The number of hydrogen-bond donors (Lipinski definition) is 4. The van der Waals surface area contributed by atoms with Crippen LogP contribution in [0.25, 0.3) is 11.1 Å². The molecule has 4 aromatic carbocycles. The molecule has 0 atom stereocenters. The molecule has 424 valence electrons. The lowest BCUT2D eigenvalue weighted by Crippen LogP contribution is -2.50. The van der Waals surface area contributed by atoms with E-state index in [9.17, 15) is 49.2 Å². The molecule has 25 heteroatoms. The summed E-state index contributed by atoms with van der Waals surface area (Å²) in [7, 11) is 0. The predicted molar refractivity (Wildman–Crippen MR) is 291 cm³/mol. The summed E-state index contributed by atoms with van der Waals surface area (Å²) in [4.78, 5) is 71.2. The summed E-state index contributed by atoms with van der Waals surface area (Å²) in [5.74, 6) is -0.959. The van der Waals surface area contributed by atoms with Gasteiger partial charge in [-0.1, -0.05) is 0 Å². The van der Waals surface area contributed by atoms with Gasteiger partial charge >= 0.3 is 29.7 Å². The molecule has 5 aromatic rings. The molecule has 0 aliphatic carbocycles. The van der Waals surface area contributed by atoms with Gasteiger partial charge in [-0.25, -0.2) is 23.8 Å². The molecule has 3 aliphatic heterocycles. The third-order valence-corrected chi connectivity index (χ3v) is 11.7. The number of carbonyl (C=O) groups is 3. The quantitative estimate of drug-likeness (QED) is 0.0419. The monoisotopic (exact) mass is 1090 g/mol. The number of nitro benzene ring substituents is 2. The molecule has 0 bridgehead atoms. The van der Waals surface area contributed by atoms with Gasteiger partial charge in [0.2, 0.25) is 0 Å². The first-order valence-electron chi connectivity index (χ1n) is 25.1. The Labute approximate surface area is 451 Å². The lowest BCUT2D eigenvalue weighted by atomic mass is 10.2. The van der Waals surface area contributed by atoms with Crippen molar-refractivity contribution in [3.63, 3.8) is 0 Å². The number of anilines is 4. The number of benzene rings is 4. The molecule has 0 radical (unpaired) electrons. The molecule has 8 rings (SSSR count). The van der Waals surface area contributed by atoms with Gasteiger partial charge in [0.1, 0.15) is 33.9 Å². The maximum atomic E-state index is 12.2. The standard InChI is InChI=1S/C17H23N3O3.C15H21N3O5.C15H23N3O3.C6H4FNO3/c1-12-18-14-6-5-13(11-15(14)22-12)19-7-9-20(10-8-19)16(21)23-17(2,3)4;1-15(2,3)23-14(20)17-8-6-16(7-9-17)11-4-5-12(18(21)22)13(19)10-11;1-15(2,3)21-14(20)18-8-6-17(7-9-18)11-4-5-12(16)13(19)10-11;7-4-1-2-5(8(10)11)6(9)3-4/h5-6,11H,7-10H2,1-4H3;4-5,10,19H,6-9H2,1-3H3;4-5,10,19H,6-9,16H2,1-3H3;1-3,9H. The van der Waals surface area contributed by atoms with E-state index in [0.717, 1.165) is 47.7 Å². The highest BCUT2D eigenvalue weighted by atomic mass is 19.1. The van der Waals surface area contributed by atoms with Crippen LogP contribution in [0.2, 0.25) is 0 Å². The second-order valence-electron chi connectivity index (χ2n) is 21.3. The van der Waals surface area contributed by atoms with Crippen LogP contribution in [0.5, 0.6) is 17.2 Å². The number of aromatic nitrogens is 1.